The van der Waals surface area contributed by atoms with Crippen LogP contribution in [0.3, 0.4) is 0 Å². The molecule has 0 radical (unpaired) electrons. The Balaban J connectivity index is 2.09. The molecule has 4 heteroatoms. The minimum absolute atomic E-state index is 0.0347. The molecular formula is C15H12Br2O2. The summed E-state index contributed by atoms with van der Waals surface area (Å²) in [5.74, 6) is 0.639. The standard InChI is InChI=1S/C15H12Br2O2/c1-10(19-14-4-2-3-13(17)9-14)15(18)11-5-7-12(16)8-6-11/h2-10H,1H3. The van der Waals surface area contributed by atoms with E-state index in [4.69, 9.17) is 4.74 Å². The zero-order valence-corrected chi connectivity index (χ0v) is 13.4. The van der Waals surface area contributed by atoms with Crippen LogP contribution in [0.15, 0.2) is 57.5 Å². The molecule has 19 heavy (non-hydrogen) atoms. The van der Waals surface area contributed by atoms with Gasteiger partial charge in [0.15, 0.2) is 6.10 Å². The maximum Gasteiger partial charge on any atom is 0.202 e. The van der Waals surface area contributed by atoms with Crippen LogP contribution in [0.25, 0.3) is 0 Å². The molecule has 2 rings (SSSR count). The summed E-state index contributed by atoms with van der Waals surface area (Å²) in [4.78, 5) is 12.2. The van der Waals surface area contributed by atoms with Gasteiger partial charge >= 0.3 is 0 Å². The van der Waals surface area contributed by atoms with Gasteiger partial charge in [-0.25, -0.2) is 0 Å². The van der Waals surface area contributed by atoms with Crippen LogP contribution in [0.1, 0.15) is 17.3 Å². The maximum atomic E-state index is 12.2. The van der Waals surface area contributed by atoms with E-state index in [0.29, 0.717) is 11.3 Å². The van der Waals surface area contributed by atoms with E-state index >= 15 is 0 Å². The second kappa shape index (κ2) is 6.35. The molecule has 0 heterocycles. The minimum Gasteiger partial charge on any atom is -0.483 e. The summed E-state index contributed by atoms with van der Waals surface area (Å²) in [6.45, 7) is 1.76. The van der Waals surface area contributed by atoms with Crippen LogP contribution in [0.2, 0.25) is 0 Å². The number of Topliss-reactive ketones (excluding diaryl/α,β-unsaturated/α-hetero) is 1. The number of rotatable bonds is 4. The molecule has 0 aliphatic carbocycles. The van der Waals surface area contributed by atoms with Gasteiger partial charge in [-0.15, -0.1) is 0 Å². The third-order valence-electron chi connectivity index (χ3n) is 2.61. The molecule has 98 valence electrons. The van der Waals surface area contributed by atoms with Gasteiger partial charge in [-0.1, -0.05) is 50.1 Å². The van der Waals surface area contributed by atoms with Gasteiger partial charge in [-0.05, 0) is 37.3 Å². The Morgan fingerprint density at radius 2 is 1.74 bits per heavy atom. The first-order valence-electron chi connectivity index (χ1n) is 5.78. The largest absolute Gasteiger partial charge is 0.483 e. The van der Waals surface area contributed by atoms with E-state index in [-0.39, 0.29) is 5.78 Å². The van der Waals surface area contributed by atoms with Crippen molar-refractivity contribution in [2.24, 2.45) is 0 Å². The fourth-order valence-corrected chi connectivity index (χ4v) is 2.29. The van der Waals surface area contributed by atoms with Crippen molar-refractivity contribution < 1.29 is 9.53 Å². The van der Waals surface area contributed by atoms with E-state index in [2.05, 4.69) is 31.9 Å². The lowest BCUT2D eigenvalue weighted by Crippen LogP contribution is -2.23. The summed E-state index contributed by atoms with van der Waals surface area (Å²) in [6, 6.07) is 14.7. The average Bonchev–Trinajstić information content (AvgIpc) is 2.39. The van der Waals surface area contributed by atoms with E-state index in [1.165, 1.54) is 0 Å². The summed E-state index contributed by atoms with van der Waals surface area (Å²) in [6.07, 6.45) is -0.518. The summed E-state index contributed by atoms with van der Waals surface area (Å²) < 4.78 is 7.52. The molecule has 0 amide bonds. The third kappa shape index (κ3) is 3.91. The lowest BCUT2D eigenvalue weighted by Gasteiger charge is -2.14. The summed E-state index contributed by atoms with van der Waals surface area (Å²) in [5, 5.41) is 0. The monoisotopic (exact) mass is 382 g/mol. The molecule has 0 saturated heterocycles. The number of carbonyl (C=O) groups excluding carboxylic acids is 1. The molecule has 2 aromatic rings. The first kappa shape index (κ1) is 14.3. The van der Waals surface area contributed by atoms with Gasteiger partial charge in [0, 0.05) is 14.5 Å². The SMILES string of the molecule is CC(Oc1cccc(Br)c1)C(=O)c1ccc(Br)cc1. The van der Waals surface area contributed by atoms with Gasteiger partial charge in [0.25, 0.3) is 0 Å². The van der Waals surface area contributed by atoms with E-state index in [1.54, 1.807) is 19.1 Å². The molecule has 2 nitrogen and oxygen atoms in total. The highest BCUT2D eigenvalue weighted by Gasteiger charge is 2.16. The maximum absolute atomic E-state index is 12.2. The molecule has 0 bridgehead atoms. The molecule has 0 aromatic heterocycles. The van der Waals surface area contributed by atoms with Gasteiger partial charge in [-0.2, -0.15) is 0 Å². The molecule has 0 spiro atoms. The number of carbonyl (C=O) groups is 1. The van der Waals surface area contributed by atoms with E-state index < -0.39 is 6.10 Å². The second-order valence-electron chi connectivity index (χ2n) is 4.09. The van der Waals surface area contributed by atoms with Crippen molar-refractivity contribution in [3.05, 3.63) is 63.0 Å². The highest BCUT2D eigenvalue weighted by atomic mass is 79.9. The molecule has 0 fully saturated rings. The fraction of sp³-hybridized carbons (Fsp3) is 0.133. The molecule has 0 N–H and O–H groups in total. The van der Waals surface area contributed by atoms with Crippen LogP contribution >= 0.6 is 31.9 Å². The molecule has 1 unspecified atom stereocenters. The van der Waals surface area contributed by atoms with Crippen molar-refractivity contribution in [1.82, 2.24) is 0 Å². The number of hydrogen-bond acceptors (Lipinski definition) is 2. The van der Waals surface area contributed by atoms with Gasteiger partial charge in [0.2, 0.25) is 5.78 Å². The molecular weight excluding hydrogens is 372 g/mol. The summed E-state index contributed by atoms with van der Waals surface area (Å²) in [5.41, 5.74) is 0.644. The minimum atomic E-state index is -0.518. The predicted molar refractivity (Wildman–Crippen MR) is 82.7 cm³/mol. The smallest absolute Gasteiger partial charge is 0.202 e. The number of ether oxygens (including phenoxy) is 1. The highest BCUT2D eigenvalue weighted by Crippen LogP contribution is 2.20. The van der Waals surface area contributed by atoms with Crippen molar-refractivity contribution >= 4 is 37.6 Å². The molecule has 0 aliphatic heterocycles. The number of halogens is 2. The van der Waals surface area contributed by atoms with Crippen LogP contribution in [0, 0.1) is 0 Å². The summed E-state index contributed by atoms with van der Waals surface area (Å²) >= 11 is 6.72. The van der Waals surface area contributed by atoms with Crippen LogP contribution in [-0.4, -0.2) is 11.9 Å². The summed E-state index contributed by atoms with van der Waals surface area (Å²) in [7, 11) is 0. The highest BCUT2D eigenvalue weighted by molar-refractivity contribution is 9.10. The Hall–Kier alpha value is -1.13. The van der Waals surface area contributed by atoms with Crippen LogP contribution < -0.4 is 4.74 Å². The second-order valence-corrected chi connectivity index (χ2v) is 5.92. The fourth-order valence-electron chi connectivity index (χ4n) is 1.65. The molecule has 2 aromatic carbocycles. The Kier molecular flexibility index (Phi) is 4.77. The quantitative estimate of drug-likeness (QED) is 0.704. The van der Waals surface area contributed by atoms with Crippen LogP contribution in [0.5, 0.6) is 5.75 Å². The van der Waals surface area contributed by atoms with Gasteiger partial charge in [0.05, 0.1) is 0 Å². The lowest BCUT2D eigenvalue weighted by molar-refractivity contribution is 0.0818. The predicted octanol–water partition coefficient (Wildman–Crippen LogP) is 4.86. The van der Waals surface area contributed by atoms with Crippen LogP contribution in [0.4, 0.5) is 0 Å². The number of ketones is 1. The van der Waals surface area contributed by atoms with Crippen molar-refractivity contribution in [3.63, 3.8) is 0 Å². The Labute approximate surface area is 129 Å². The Bertz CT molecular complexity index is 579. The lowest BCUT2D eigenvalue weighted by atomic mass is 10.1. The topological polar surface area (TPSA) is 26.3 Å². The van der Waals surface area contributed by atoms with Crippen molar-refractivity contribution in [2.75, 3.05) is 0 Å². The zero-order valence-electron chi connectivity index (χ0n) is 10.3. The first-order chi connectivity index (χ1) is 9.06. The normalized spacial score (nSPS) is 11.9. The first-order valence-corrected chi connectivity index (χ1v) is 7.37. The van der Waals surface area contributed by atoms with Crippen LogP contribution in [-0.2, 0) is 0 Å². The third-order valence-corrected chi connectivity index (χ3v) is 3.63. The van der Waals surface area contributed by atoms with Gasteiger partial charge < -0.3 is 4.74 Å². The number of hydrogen-bond donors (Lipinski definition) is 0. The van der Waals surface area contributed by atoms with E-state index in [0.717, 1.165) is 8.95 Å². The Morgan fingerprint density at radius 1 is 1.05 bits per heavy atom. The van der Waals surface area contributed by atoms with Gasteiger partial charge in [-0.3, -0.25) is 4.79 Å². The molecule has 0 aliphatic rings. The Morgan fingerprint density at radius 3 is 2.37 bits per heavy atom. The average molecular weight is 384 g/mol. The van der Waals surface area contributed by atoms with E-state index in [9.17, 15) is 4.79 Å². The zero-order chi connectivity index (χ0) is 13.8. The molecule has 1 atom stereocenters. The van der Waals surface area contributed by atoms with Crippen molar-refractivity contribution in [3.8, 4) is 5.75 Å². The molecule has 0 saturated carbocycles. The van der Waals surface area contributed by atoms with Crippen molar-refractivity contribution in [2.45, 2.75) is 13.0 Å². The van der Waals surface area contributed by atoms with E-state index in [1.807, 2.05) is 36.4 Å². The van der Waals surface area contributed by atoms with Gasteiger partial charge in [0.1, 0.15) is 5.75 Å². The van der Waals surface area contributed by atoms with Crippen molar-refractivity contribution in [1.29, 1.82) is 0 Å². The number of benzene rings is 2.